The fraction of sp³-hybridized carbons (Fsp3) is 0.143. The predicted octanol–water partition coefficient (Wildman–Crippen LogP) is 3.42. The Labute approximate surface area is 157 Å². The molecule has 0 spiro atoms. The van der Waals surface area contributed by atoms with Gasteiger partial charge in [0.2, 0.25) is 0 Å². The van der Waals surface area contributed by atoms with Gasteiger partial charge in [0.15, 0.2) is 0 Å². The lowest BCUT2D eigenvalue weighted by Gasteiger charge is -2.09. The highest BCUT2D eigenvalue weighted by molar-refractivity contribution is 5.95. The molecule has 3 aromatic rings. The molecule has 0 saturated heterocycles. The number of carbonyl (C=O) groups excluding carboxylic acids is 1. The van der Waals surface area contributed by atoms with Crippen LogP contribution in [0.5, 0.6) is 11.5 Å². The van der Waals surface area contributed by atoms with Crippen LogP contribution < -0.4 is 20.2 Å². The minimum absolute atomic E-state index is 0.112. The molecule has 0 aromatic heterocycles. The van der Waals surface area contributed by atoms with Gasteiger partial charge in [-0.25, -0.2) is 5.43 Å². The van der Waals surface area contributed by atoms with Crippen molar-refractivity contribution in [2.45, 2.75) is 0 Å². The lowest BCUT2D eigenvalue weighted by Crippen LogP contribution is -2.25. The maximum absolute atomic E-state index is 12.1. The van der Waals surface area contributed by atoms with E-state index in [0.29, 0.717) is 17.1 Å². The Bertz CT molecular complexity index is 965. The van der Waals surface area contributed by atoms with Crippen molar-refractivity contribution in [3.63, 3.8) is 0 Å². The van der Waals surface area contributed by atoms with Crippen LogP contribution >= 0.6 is 0 Å². The summed E-state index contributed by atoms with van der Waals surface area (Å²) in [6.45, 7) is 0.112. The van der Waals surface area contributed by atoms with Crippen LogP contribution in [0.1, 0.15) is 5.56 Å². The van der Waals surface area contributed by atoms with E-state index in [1.54, 1.807) is 32.4 Å². The van der Waals surface area contributed by atoms with E-state index in [9.17, 15) is 4.79 Å². The number of hydrogen-bond acceptors (Lipinski definition) is 5. The Balaban J connectivity index is 1.61. The number of rotatable bonds is 7. The van der Waals surface area contributed by atoms with Crippen molar-refractivity contribution in [2.24, 2.45) is 5.10 Å². The first-order valence-corrected chi connectivity index (χ1v) is 8.47. The molecule has 1 amide bonds. The number of hydrogen-bond donors (Lipinski definition) is 2. The zero-order valence-corrected chi connectivity index (χ0v) is 15.2. The quantitative estimate of drug-likeness (QED) is 0.498. The van der Waals surface area contributed by atoms with E-state index in [4.69, 9.17) is 9.47 Å². The van der Waals surface area contributed by atoms with E-state index in [0.717, 1.165) is 16.5 Å². The molecule has 2 N–H and O–H groups in total. The van der Waals surface area contributed by atoms with Gasteiger partial charge in [-0.15, -0.1) is 0 Å². The minimum Gasteiger partial charge on any atom is -0.497 e. The molecule has 3 rings (SSSR count). The van der Waals surface area contributed by atoms with Gasteiger partial charge >= 0.3 is 0 Å². The minimum atomic E-state index is -0.249. The number of carbonyl (C=O) groups is 1. The molecule has 27 heavy (non-hydrogen) atoms. The van der Waals surface area contributed by atoms with Crippen molar-refractivity contribution in [3.8, 4) is 11.5 Å². The summed E-state index contributed by atoms with van der Waals surface area (Å²) in [6, 6.07) is 19.3. The third-order valence-corrected chi connectivity index (χ3v) is 4.06. The smallest absolute Gasteiger partial charge is 0.259 e. The standard InChI is InChI=1S/C21H21N3O3/c1-26-17-10-11-20(27-2)16(12-17)13-23-24-21(25)14-22-19-9-5-7-15-6-3-4-8-18(15)19/h3-13,22H,14H2,1-2H3,(H,24,25)/b23-13-. The van der Waals surface area contributed by atoms with Crippen LogP contribution in [-0.4, -0.2) is 32.9 Å². The number of benzene rings is 3. The molecule has 0 bridgehead atoms. The second-order valence-corrected chi connectivity index (χ2v) is 5.78. The number of fused-ring (bicyclic) bond motifs is 1. The maximum atomic E-state index is 12.1. The van der Waals surface area contributed by atoms with Crippen LogP contribution in [0.15, 0.2) is 65.8 Å². The second kappa shape index (κ2) is 8.71. The molecule has 6 heteroatoms. The second-order valence-electron chi connectivity index (χ2n) is 5.78. The highest BCUT2D eigenvalue weighted by atomic mass is 16.5. The molecule has 3 aromatic carbocycles. The van der Waals surface area contributed by atoms with Crippen LogP contribution in [0.25, 0.3) is 10.8 Å². The number of anilines is 1. The van der Waals surface area contributed by atoms with Crippen LogP contribution in [-0.2, 0) is 4.79 Å². The predicted molar refractivity (Wildman–Crippen MR) is 108 cm³/mol. The highest BCUT2D eigenvalue weighted by Crippen LogP contribution is 2.23. The van der Waals surface area contributed by atoms with E-state index in [2.05, 4.69) is 15.8 Å². The average molecular weight is 363 g/mol. The summed E-state index contributed by atoms with van der Waals surface area (Å²) in [7, 11) is 3.16. The fourth-order valence-corrected chi connectivity index (χ4v) is 2.71. The number of nitrogens with one attached hydrogen (secondary N) is 2. The van der Waals surface area contributed by atoms with Gasteiger partial charge in [0.25, 0.3) is 5.91 Å². The van der Waals surface area contributed by atoms with Crippen molar-refractivity contribution in [1.29, 1.82) is 0 Å². The Morgan fingerprint density at radius 2 is 1.85 bits per heavy atom. The zero-order chi connectivity index (χ0) is 19.1. The lowest BCUT2D eigenvalue weighted by atomic mass is 10.1. The molecular formula is C21H21N3O3. The van der Waals surface area contributed by atoms with Crippen LogP contribution in [0.3, 0.4) is 0 Å². The van der Waals surface area contributed by atoms with Crippen molar-refractivity contribution < 1.29 is 14.3 Å². The number of methoxy groups -OCH3 is 2. The molecule has 0 aliphatic carbocycles. The van der Waals surface area contributed by atoms with E-state index < -0.39 is 0 Å². The number of nitrogens with zero attached hydrogens (tertiary/aromatic N) is 1. The normalized spacial score (nSPS) is 10.7. The summed E-state index contributed by atoms with van der Waals surface area (Å²) in [5.41, 5.74) is 4.12. The number of hydrazone groups is 1. The van der Waals surface area contributed by atoms with E-state index in [1.165, 1.54) is 6.21 Å². The van der Waals surface area contributed by atoms with Crippen molar-refractivity contribution in [3.05, 3.63) is 66.2 Å². The summed E-state index contributed by atoms with van der Waals surface area (Å²) < 4.78 is 10.5. The third-order valence-electron chi connectivity index (χ3n) is 4.06. The van der Waals surface area contributed by atoms with Crippen LogP contribution in [0, 0.1) is 0 Å². The first kappa shape index (κ1) is 18.3. The van der Waals surface area contributed by atoms with E-state index >= 15 is 0 Å². The lowest BCUT2D eigenvalue weighted by molar-refractivity contribution is -0.119. The zero-order valence-electron chi connectivity index (χ0n) is 15.2. The molecule has 0 unspecified atom stereocenters. The van der Waals surface area contributed by atoms with E-state index in [1.807, 2.05) is 42.5 Å². The molecule has 138 valence electrons. The molecule has 0 heterocycles. The summed E-state index contributed by atoms with van der Waals surface area (Å²) in [5.74, 6) is 1.07. The summed E-state index contributed by atoms with van der Waals surface area (Å²) in [5, 5.41) is 9.33. The van der Waals surface area contributed by atoms with Crippen molar-refractivity contribution in [1.82, 2.24) is 5.43 Å². The highest BCUT2D eigenvalue weighted by Gasteiger charge is 2.05. The summed E-state index contributed by atoms with van der Waals surface area (Å²) in [6.07, 6.45) is 1.52. The van der Waals surface area contributed by atoms with Gasteiger partial charge in [-0.05, 0) is 29.7 Å². The molecule has 0 saturated carbocycles. The summed E-state index contributed by atoms with van der Waals surface area (Å²) >= 11 is 0. The Kier molecular flexibility index (Phi) is 5.89. The SMILES string of the molecule is COc1ccc(OC)c(/C=N\NC(=O)CNc2cccc3ccccc23)c1. The monoisotopic (exact) mass is 363 g/mol. The van der Waals surface area contributed by atoms with Crippen molar-refractivity contribution >= 4 is 28.6 Å². The summed E-state index contributed by atoms with van der Waals surface area (Å²) in [4.78, 5) is 12.1. The molecule has 6 nitrogen and oxygen atoms in total. The molecule has 0 fully saturated rings. The van der Waals surface area contributed by atoms with Gasteiger partial charge in [-0.3, -0.25) is 4.79 Å². The van der Waals surface area contributed by atoms with Gasteiger partial charge in [0, 0.05) is 16.6 Å². The van der Waals surface area contributed by atoms with Crippen LogP contribution in [0.2, 0.25) is 0 Å². The molecule has 0 atom stereocenters. The fourth-order valence-electron chi connectivity index (χ4n) is 2.71. The Morgan fingerprint density at radius 3 is 2.67 bits per heavy atom. The Hall–Kier alpha value is -3.54. The van der Waals surface area contributed by atoms with Gasteiger partial charge in [0.1, 0.15) is 11.5 Å². The topological polar surface area (TPSA) is 72.0 Å². The van der Waals surface area contributed by atoms with Gasteiger partial charge < -0.3 is 14.8 Å². The first-order chi connectivity index (χ1) is 13.2. The van der Waals surface area contributed by atoms with Crippen molar-refractivity contribution in [2.75, 3.05) is 26.1 Å². The van der Waals surface area contributed by atoms with Gasteiger partial charge in [-0.1, -0.05) is 36.4 Å². The number of amides is 1. The largest absolute Gasteiger partial charge is 0.497 e. The van der Waals surface area contributed by atoms with Crippen LogP contribution in [0.4, 0.5) is 5.69 Å². The van der Waals surface area contributed by atoms with E-state index in [-0.39, 0.29) is 12.5 Å². The van der Waals surface area contributed by atoms with Gasteiger partial charge in [-0.2, -0.15) is 5.10 Å². The maximum Gasteiger partial charge on any atom is 0.259 e. The molecule has 0 aliphatic rings. The Morgan fingerprint density at radius 1 is 1.04 bits per heavy atom. The van der Waals surface area contributed by atoms with Gasteiger partial charge in [0.05, 0.1) is 27.0 Å². The first-order valence-electron chi connectivity index (χ1n) is 8.47. The number of ether oxygens (including phenoxy) is 2. The third kappa shape index (κ3) is 4.55. The molecule has 0 radical (unpaired) electrons. The molecular weight excluding hydrogens is 342 g/mol. The molecule has 0 aliphatic heterocycles. The average Bonchev–Trinajstić information content (AvgIpc) is 2.72.